The molecule has 0 amide bonds. The molecule has 1 nitrogen and oxygen atoms in total. The lowest BCUT2D eigenvalue weighted by molar-refractivity contribution is 0.202. The van der Waals surface area contributed by atoms with Crippen LogP contribution in [0.4, 0.5) is 0 Å². The number of aliphatic hydroxyl groups is 1. The average molecular weight is 307 g/mol. The Morgan fingerprint density at radius 1 is 1.41 bits per heavy atom. The van der Waals surface area contributed by atoms with E-state index in [9.17, 15) is 5.11 Å². The van der Waals surface area contributed by atoms with Crippen LogP contribution in [0.1, 0.15) is 0 Å². The number of aliphatic hydroxyl groups excluding tert-OH is 1. The zero-order valence-electron chi connectivity index (χ0n) is 9.34. The van der Waals surface area contributed by atoms with Gasteiger partial charge in [0.25, 0.3) is 0 Å². The summed E-state index contributed by atoms with van der Waals surface area (Å²) >= 11 is 11.6. The van der Waals surface area contributed by atoms with Gasteiger partial charge in [0.05, 0.1) is 11.1 Å². The normalized spacial score (nSPS) is 22.4. The van der Waals surface area contributed by atoms with E-state index in [1.165, 1.54) is 5.75 Å². The van der Waals surface area contributed by atoms with Crippen molar-refractivity contribution in [2.24, 2.45) is 0 Å². The number of thioether (sulfide) groups is 3. The predicted molar refractivity (Wildman–Crippen MR) is 81.8 cm³/mol. The topological polar surface area (TPSA) is 20.2 Å². The van der Waals surface area contributed by atoms with E-state index >= 15 is 0 Å². The SMILES string of the molecule is OC(CSc1ccccc1Cl)C1CSCCS1. The van der Waals surface area contributed by atoms with E-state index in [4.69, 9.17) is 11.6 Å². The Morgan fingerprint density at radius 3 is 2.94 bits per heavy atom. The lowest BCUT2D eigenvalue weighted by Crippen LogP contribution is -2.30. The Morgan fingerprint density at radius 2 is 2.24 bits per heavy atom. The van der Waals surface area contributed by atoms with Gasteiger partial charge in [-0.05, 0) is 12.1 Å². The minimum Gasteiger partial charge on any atom is -0.391 e. The van der Waals surface area contributed by atoms with Crippen LogP contribution in [-0.2, 0) is 0 Å². The number of halogens is 1. The van der Waals surface area contributed by atoms with Gasteiger partial charge in [-0.1, -0.05) is 23.7 Å². The second kappa shape index (κ2) is 7.19. The molecule has 5 heteroatoms. The first-order valence-corrected chi connectivity index (χ1v) is 9.09. The largest absolute Gasteiger partial charge is 0.391 e. The number of rotatable bonds is 4. The Kier molecular flexibility index (Phi) is 5.90. The molecule has 1 saturated heterocycles. The Labute approximate surface area is 120 Å². The summed E-state index contributed by atoms with van der Waals surface area (Å²) in [5.41, 5.74) is 0. The maximum atomic E-state index is 10.1. The van der Waals surface area contributed by atoms with Gasteiger partial charge in [0.2, 0.25) is 0 Å². The highest BCUT2D eigenvalue weighted by Gasteiger charge is 2.22. The number of hydrogen-bond acceptors (Lipinski definition) is 4. The van der Waals surface area contributed by atoms with Crippen LogP contribution in [0, 0.1) is 0 Å². The molecule has 0 aromatic heterocycles. The Hall–Kier alpha value is 0.520. The summed E-state index contributed by atoms with van der Waals surface area (Å²) in [6.07, 6.45) is -0.242. The van der Waals surface area contributed by atoms with Crippen LogP contribution < -0.4 is 0 Å². The van der Waals surface area contributed by atoms with Crippen LogP contribution in [0.15, 0.2) is 29.2 Å². The van der Waals surface area contributed by atoms with E-state index in [-0.39, 0.29) is 6.10 Å². The summed E-state index contributed by atoms with van der Waals surface area (Å²) in [5.74, 6) is 4.16. The summed E-state index contributed by atoms with van der Waals surface area (Å²) < 4.78 is 0. The average Bonchev–Trinajstić information content (AvgIpc) is 2.38. The van der Waals surface area contributed by atoms with Gasteiger partial charge in [-0.2, -0.15) is 23.5 Å². The smallest absolute Gasteiger partial charge is 0.0760 e. The molecular weight excluding hydrogens is 292 g/mol. The van der Waals surface area contributed by atoms with Gasteiger partial charge in [0, 0.05) is 33.2 Å². The summed E-state index contributed by atoms with van der Waals surface area (Å²) in [6.45, 7) is 0. The van der Waals surface area contributed by atoms with Crippen LogP contribution in [0.2, 0.25) is 5.02 Å². The van der Waals surface area contributed by atoms with Gasteiger partial charge in [-0.15, -0.1) is 11.8 Å². The van der Waals surface area contributed by atoms with Crippen molar-refractivity contribution < 1.29 is 5.11 Å². The molecule has 1 aliphatic heterocycles. The highest BCUT2D eigenvalue weighted by Crippen LogP contribution is 2.31. The van der Waals surface area contributed by atoms with Crippen molar-refractivity contribution in [2.45, 2.75) is 16.2 Å². The van der Waals surface area contributed by atoms with E-state index in [1.807, 2.05) is 47.8 Å². The summed E-state index contributed by atoms with van der Waals surface area (Å²) in [5, 5.41) is 11.3. The first-order valence-electron chi connectivity index (χ1n) is 5.52. The summed E-state index contributed by atoms with van der Waals surface area (Å²) in [7, 11) is 0. The van der Waals surface area contributed by atoms with Crippen LogP contribution >= 0.6 is 46.9 Å². The minimum atomic E-state index is -0.242. The molecule has 94 valence electrons. The molecule has 2 atom stereocenters. The van der Waals surface area contributed by atoms with Gasteiger partial charge in [-0.25, -0.2) is 0 Å². The van der Waals surface area contributed by atoms with Crippen molar-refractivity contribution in [1.82, 2.24) is 0 Å². The first-order chi connectivity index (χ1) is 8.27. The van der Waals surface area contributed by atoms with E-state index in [0.29, 0.717) is 5.25 Å². The molecule has 1 N–H and O–H groups in total. The monoisotopic (exact) mass is 306 g/mol. The van der Waals surface area contributed by atoms with Gasteiger partial charge in [0.15, 0.2) is 0 Å². The lowest BCUT2D eigenvalue weighted by atomic mass is 10.3. The summed E-state index contributed by atoms with van der Waals surface area (Å²) in [4.78, 5) is 1.06. The molecule has 0 bridgehead atoms. The number of benzene rings is 1. The highest BCUT2D eigenvalue weighted by atomic mass is 35.5. The van der Waals surface area contributed by atoms with E-state index in [2.05, 4.69) is 0 Å². The van der Waals surface area contributed by atoms with Crippen LogP contribution in [0.25, 0.3) is 0 Å². The molecule has 1 fully saturated rings. The second-order valence-corrected chi connectivity index (χ2v) is 7.76. The molecule has 1 aromatic carbocycles. The van der Waals surface area contributed by atoms with E-state index < -0.39 is 0 Å². The molecule has 0 aliphatic carbocycles. The number of hydrogen-bond donors (Lipinski definition) is 1. The lowest BCUT2D eigenvalue weighted by Gasteiger charge is -2.25. The van der Waals surface area contributed by atoms with Crippen molar-refractivity contribution in [3.63, 3.8) is 0 Å². The van der Waals surface area contributed by atoms with Crippen LogP contribution in [0.5, 0.6) is 0 Å². The van der Waals surface area contributed by atoms with Crippen molar-refractivity contribution in [1.29, 1.82) is 0 Å². The molecule has 17 heavy (non-hydrogen) atoms. The highest BCUT2D eigenvalue weighted by molar-refractivity contribution is 8.06. The van der Waals surface area contributed by atoms with Crippen LogP contribution in [0.3, 0.4) is 0 Å². The molecule has 2 rings (SSSR count). The molecule has 0 saturated carbocycles. The van der Waals surface area contributed by atoms with Gasteiger partial charge in [0.1, 0.15) is 0 Å². The van der Waals surface area contributed by atoms with Crippen molar-refractivity contribution in [3.8, 4) is 0 Å². The molecule has 0 spiro atoms. The molecule has 1 aliphatic rings. The van der Waals surface area contributed by atoms with E-state index in [0.717, 1.165) is 27.2 Å². The predicted octanol–water partition coefficient (Wildman–Crippen LogP) is 3.64. The van der Waals surface area contributed by atoms with Crippen molar-refractivity contribution in [3.05, 3.63) is 29.3 Å². The van der Waals surface area contributed by atoms with Gasteiger partial charge in [-0.3, -0.25) is 0 Å². The minimum absolute atomic E-state index is 0.242. The zero-order chi connectivity index (χ0) is 12.1. The Bertz CT molecular complexity index is 355. The molecule has 1 aromatic rings. The quantitative estimate of drug-likeness (QED) is 0.857. The third-order valence-corrected chi connectivity index (χ3v) is 7.04. The second-order valence-electron chi connectivity index (χ2n) is 3.79. The standard InChI is InChI=1S/C12H15ClOS3/c13-9-3-1-2-4-11(9)17-7-10(14)12-8-15-5-6-16-12/h1-4,10,12,14H,5-8H2. The van der Waals surface area contributed by atoms with Crippen LogP contribution in [-0.4, -0.2) is 39.5 Å². The fraction of sp³-hybridized carbons (Fsp3) is 0.500. The van der Waals surface area contributed by atoms with Crippen molar-refractivity contribution >= 4 is 46.9 Å². The first kappa shape index (κ1) is 13.9. The van der Waals surface area contributed by atoms with Gasteiger partial charge < -0.3 is 5.11 Å². The summed E-state index contributed by atoms with van der Waals surface area (Å²) in [6, 6.07) is 7.80. The third kappa shape index (κ3) is 4.28. The maximum absolute atomic E-state index is 10.1. The van der Waals surface area contributed by atoms with Gasteiger partial charge >= 0.3 is 0 Å². The maximum Gasteiger partial charge on any atom is 0.0760 e. The zero-order valence-corrected chi connectivity index (χ0v) is 12.5. The Balaban J connectivity index is 1.83. The molecule has 1 heterocycles. The van der Waals surface area contributed by atoms with Crippen molar-refractivity contribution in [2.75, 3.05) is 23.0 Å². The fourth-order valence-corrected chi connectivity index (χ4v) is 5.73. The molecule has 0 radical (unpaired) electrons. The molecular formula is C12H15ClOS3. The van der Waals surface area contributed by atoms with E-state index in [1.54, 1.807) is 11.8 Å². The molecule has 2 unspecified atom stereocenters. The third-order valence-electron chi connectivity index (χ3n) is 2.52. The fourth-order valence-electron chi connectivity index (χ4n) is 1.57.